The molecule has 0 saturated heterocycles. The summed E-state index contributed by atoms with van der Waals surface area (Å²) in [6.07, 6.45) is 7.05. The molecule has 6 heteroatoms. The summed E-state index contributed by atoms with van der Waals surface area (Å²) in [6, 6.07) is -0.820. The Labute approximate surface area is 109 Å². The van der Waals surface area contributed by atoms with Crippen molar-refractivity contribution in [1.82, 2.24) is 10.6 Å². The van der Waals surface area contributed by atoms with Crippen molar-refractivity contribution in [2.24, 2.45) is 11.5 Å². The lowest BCUT2D eigenvalue weighted by atomic mass is 10.0. The minimum absolute atomic E-state index is 0.141. The highest BCUT2D eigenvalue weighted by atomic mass is 16.2. The standard InChI is InChI=1S/C12H26N4O2/c1-2-3-4-7-10(16-12(14)18)8-5-6-9-15-11(13)17/h10H,2-9H2,1H3,(H3,13,15,17)(H3,14,16,18). The van der Waals surface area contributed by atoms with Gasteiger partial charge in [0.1, 0.15) is 0 Å². The number of rotatable bonds is 10. The third kappa shape index (κ3) is 11.0. The summed E-state index contributed by atoms with van der Waals surface area (Å²) in [6.45, 7) is 2.72. The smallest absolute Gasteiger partial charge is 0.312 e. The first kappa shape index (κ1) is 16.5. The van der Waals surface area contributed by atoms with Crippen molar-refractivity contribution in [3.05, 3.63) is 0 Å². The van der Waals surface area contributed by atoms with Gasteiger partial charge in [-0.15, -0.1) is 0 Å². The van der Waals surface area contributed by atoms with E-state index in [9.17, 15) is 9.59 Å². The van der Waals surface area contributed by atoms with Gasteiger partial charge in [0.2, 0.25) is 0 Å². The fraction of sp³-hybridized carbons (Fsp3) is 0.833. The van der Waals surface area contributed by atoms with Crippen LogP contribution in [0.25, 0.3) is 0 Å². The van der Waals surface area contributed by atoms with Crippen LogP contribution >= 0.6 is 0 Å². The Morgan fingerprint density at radius 1 is 1.00 bits per heavy atom. The van der Waals surface area contributed by atoms with E-state index in [4.69, 9.17) is 11.5 Å². The van der Waals surface area contributed by atoms with Crippen LogP contribution in [-0.4, -0.2) is 24.6 Å². The lowest BCUT2D eigenvalue weighted by Gasteiger charge is -2.17. The predicted octanol–water partition coefficient (Wildman–Crippen LogP) is 1.44. The summed E-state index contributed by atoms with van der Waals surface area (Å²) in [5, 5.41) is 5.30. The van der Waals surface area contributed by atoms with Crippen LogP contribution in [0.1, 0.15) is 51.9 Å². The maximum absolute atomic E-state index is 10.9. The molecule has 0 aromatic heterocycles. The second-order valence-corrected chi connectivity index (χ2v) is 4.49. The summed E-state index contributed by atoms with van der Waals surface area (Å²) >= 11 is 0. The Morgan fingerprint density at radius 2 is 1.61 bits per heavy atom. The van der Waals surface area contributed by atoms with Gasteiger partial charge in [0.05, 0.1) is 0 Å². The Balaban J connectivity index is 3.71. The van der Waals surface area contributed by atoms with Gasteiger partial charge in [0.15, 0.2) is 0 Å². The molecule has 0 radical (unpaired) electrons. The molecule has 0 rings (SSSR count). The van der Waals surface area contributed by atoms with Crippen molar-refractivity contribution in [1.29, 1.82) is 0 Å². The predicted molar refractivity (Wildman–Crippen MR) is 72.1 cm³/mol. The normalized spacial score (nSPS) is 11.8. The van der Waals surface area contributed by atoms with E-state index in [2.05, 4.69) is 17.6 Å². The number of primary amides is 2. The van der Waals surface area contributed by atoms with Crippen molar-refractivity contribution in [2.45, 2.75) is 57.9 Å². The van der Waals surface area contributed by atoms with Crippen LogP contribution in [0.4, 0.5) is 9.59 Å². The number of carbonyl (C=O) groups excluding carboxylic acids is 2. The van der Waals surface area contributed by atoms with Gasteiger partial charge in [0, 0.05) is 12.6 Å². The van der Waals surface area contributed by atoms with E-state index in [1.54, 1.807) is 0 Å². The lowest BCUT2D eigenvalue weighted by Crippen LogP contribution is -2.38. The molecule has 1 unspecified atom stereocenters. The highest BCUT2D eigenvalue weighted by Gasteiger charge is 2.09. The van der Waals surface area contributed by atoms with E-state index in [0.717, 1.165) is 38.5 Å². The Hall–Kier alpha value is -1.46. The number of carbonyl (C=O) groups is 2. The van der Waals surface area contributed by atoms with Crippen LogP contribution in [0.15, 0.2) is 0 Å². The van der Waals surface area contributed by atoms with Gasteiger partial charge in [-0.25, -0.2) is 9.59 Å². The van der Waals surface area contributed by atoms with Crippen molar-refractivity contribution >= 4 is 12.1 Å². The fourth-order valence-electron chi connectivity index (χ4n) is 1.86. The van der Waals surface area contributed by atoms with Crippen LogP contribution in [0, 0.1) is 0 Å². The molecule has 0 spiro atoms. The molecule has 0 heterocycles. The number of amides is 4. The molecule has 0 aliphatic heterocycles. The van der Waals surface area contributed by atoms with Crippen LogP contribution in [0.3, 0.4) is 0 Å². The Bertz CT molecular complexity index is 246. The quantitative estimate of drug-likeness (QED) is 0.445. The molecule has 0 bridgehead atoms. The molecule has 0 aromatic rings. The molecule has 6 N–H and O–H groups in total. The SMILES string of the molecule is CCCCCC(CCCCNC(N)=O)NC(N)=O. The molecule has 1 atom stereocenters. The highest BCUT2D eigenvalue weighted by molar-refractivity contribution is 5.72. The summed E-state index contributed by atoms with van der Waals surface area (Å²) in [4.78, 5) is 21.3. The van der Waals surface area contributed by atoms with Gasteiger partial charge < -0.3 is 22.1 Å². The average molecular weight is 258 g/mol. The number of hydrogen-bond donors (Lipinski definition) is 4. The first-order valence-corrected chi connectivity index (χ1v) is 6.65. The molecule has 0 aliphatic carbocycles. The molecule has 6 nitrogen and oxygen atoms in total. The van der Waals surface area contributed by atoms with Crippen LogP contribution in [0.2, 0.25) is 0 Å². The second kappa shape index (κ2) is 10.7. The molecule has 106 valence electrons. The maximum Gasteiger partial charge on any atom is 0.312 e. The van der Waals surface area contributed by atoms with Gasteiger partial charge in [0.25, 0.3) is 0 Å². The van der Waals surface area contributed by atoms with Crippen LogP contribution < -0.4 is 22.1 Å². The van der Waals surface area contributed by atoms with Gasteiger partial charge in [-0.05, 0) is 25.7 Å². The zero-order valence-electron chi connectivity index (χ0n) is 11.2. The Kier molecular flexibility index (Phi) is 9.81. The molecule has 0 saturated carbocycles. The van der Waals surface area contributed by atoms with E-state index in [0.29, 0.717) is 6.54 Å². The van der Waals surface area contributed by atoms with E-state index < -0.39 is 12.1 Å². The van der Waals surface area contributed by atoms with Crippen LogP contribution in [-0.2, 0) is 0 Å². The maximum atomic E-state index is 10.9. The first-order chi connectivity index (χ1) is 8.56. The Morgan fingerprint density at radius 3 is 2.11 bits per heavy atom. The van der Waals surface area contributed by atoms with Crippen molar-refractivity contribution in [3.63, 3.8) is 0 Å². The van der Waals surface area contributed by atoms with E-state index in [1.807, 2.05) is 0 Å². The topological polar surface area (TPSA) is 110 Å². The van der Waals surface area contributed by atoms with Crippen molar-refractivity contribution < 1.29 is 9.59 Å². The van der Waals surface area contributed by atoms with Crippen molar-refractivity contribution in [2.75, 3.05) is 6.54 Å². The molecular weight excluding hydrogens is 232 g/mol. The van der Waals surface area contributed by atoms with Gasteiger partial charge in [-0.2, -0.15) is 0 Å². The summed E-state index contributed by atoms with van der Waals surface area (Å²) < 4.78 is 0. The van der Waals surface area contributed by atoms with Gasteiger partial charge in [-0.1, -0.05) is 26.2 Å². The molecule has 0 aliphatic rings. The van der Waals surface area contributed by atoms with Gasteiger partial charge >= 0.3 is 12.1 Å². The summed E-state index contributed by atoms with van der Waals surface area (Å²) in [5.41, 5.74) is 10.1. The number of hydrogen-bond acceptors (Lipinski definition) is 2. The third-order valence-corrected chi connectivity index (χ3v) is 2.78. The van der Waals surface area contributed by atoms with Crippen molar-refractivity contribution in [3.8, 4) is 0 Å². The van der Waals surface area contributed by atoms with E-state index in [1.165, 1.54) is 6.42 Å². The number of nitrogens with two attached hydrogens (primary N) is 2. The zero-order chi connectivity index (χ0) is 13.8. The molecule has 0 aromatic carbocycles. The van der Waals surface area contributed by atoms with E-state index in [-0.39, 0.29) is 6.04 Å². The average Bonchev–Trinajstić information content (AvgIpc) is 2.27. The molecular formula is C12H26N4O2. The lowest BCUT2D eigenvalue weighted by molar-refractivity contribution is 0.243. The molecule has 18 heavy (non-hydrogen) atoms. The van der Waals surface area contributed by atoms with Gasteiger partial charge in [-0.3, -0.25) is 0 Å². The third-order valence-electron chi connectivity index (χ3n) is 2.78. The number of unbranched alkanes of at least 4 members (excludes halogenated alkanes) is 3. The number of nitrogens with one attached hydrogen (secondary N) is 2. The minimum atomic E-state index is -0.496. The molecule has 4 amide bonds. The monoisotopic (exact) mass is 258 g/mol. The van der Waals surface area contributed by atoms with Crippen LogP contribution in [0.5, 0.6) is 0 Å². The first-order valence-electron chi connectivity index (χ1n) is 6.65. The zero-order valence-corrected chi connectivity index (χ0v) is 11.2. The van der Waals surface area contributed by atoms with E-state index >= 15 is 0 Å². The summed E-state index contributed by atoms with van der Waals surface area (Å²) in [5.74, 6) is 0. The fourth-order valence-corrected chi connectivity index (χ4v) is 1.86. The summed E-state index contributed by atoms with van der Waals surface area (Å²) in [7, 11) is 0. The number of urea groups is 2. The largest absolute Gasteiger partial charge is 0.352 e. The second-order valence-electron chi connectivity index (χ2n) is 4.49. The molecule has 0 fully saturated rings. The highest BCUT2D eigenvalue weighted by Crippen LogP contribution is 2.09. The minimum Gasteiger partial charge on any atom is -0.352 e.